The van der Waals surface area contributed by atoms with Gasteiger partial charge >= 0.3 is 0 Å². The second-order valence-electron chi connectivity index (χ2n) is 7.12. The Morgan fingerprint density at radius 1 is 1.22 bits per heavy atom. The Morgan fingerprint density at radius 2 is 2.00 bits per heavy atom. The van der Waals surface area contributed by atoms with E-state index in [-0.39, 0.29) is 11.9 Å². The van der Waals surface area contributed by atoms with Crippen molar-refractivity contribution in [2.75, 3.05) is 26.7 Å². The number of benzene rings is 1. The average molecular weight is 388 g/mol. The molecule has 1 saturated heterocycles. The summed E-state index contributed by atoms with van der Waals surface area (Å²) in [6.07, 6.45) is 1.55. The molecule has 1 unspecified atom stereocenters. The summed E-state index contributed by atoms with van der Waals surface area (Å²) in [7, 11) is 1.70. The first kappa shape index (κ1) is 19.6. The van der Waals surface area contributed by atoms with Gasteiger partial charge in [0, 0.05) is 38.4 Å². The highest BCUT2D eigenvalue weighted by atomic mass is 35.5. The van der Waals surface area contributed by atoms with Gasteiger partial charge in [-0.05, 0) is 55.7 Å². The molecule has 1 aliphatic rings. The molecule has 2 aromatic rings. The third kappa shape index (κ3) is 4.25. The number of halogens is 1. The van der Waals surface area contributed by atoms with Crippen LogP contribution in [0.5, 0.6) is 5.75 Å². The SMILES string of the molecule is COc1ccc(CN2CCN(C(=O)c3ccc(Cl)nc3)CC2C)c(C)c1C. The zero-order valence-electron chi connectivity index (χ0n) is 16.3. The van der Waals surface area contributed by atoms with Gasteiger partial charge in [0.15, 0.2) is 0 Å². The number of aromatic nitrogens is 1. The Kier molecular flexibility index (Phi) is 6.02. The Bertz CT molecular complexity index is 823. The van der Waals surface area contributed by atoms with Gasteiger partial charge in [-0.1, -0.05) is 17.7 Å². The minimum atomic E-state index is 0.0159. The Hall–Kier alpha value is -2.11. The summed E-state index contributed by atoms with van der Waals surface area (Å²) in [4.78, 5) is 21.0. The van der Waals surface area contributed by atoms with Crippen LogP contribution in [0.25, 0.3) is 0 Å². The molecule has 6 heteroatoms. The molecule has 27 heavy (non-hydrogen) atoms. The lowest BCUT2D eigenvalue weighted by Gasteiger charge is -2.40. The highest BCUT2D eigenvalue weighted by Crippen LogP contribution is 2.26. The van der Waals surface area contributed by atoms with Gasteiger partial charge in [-0.3, -0.25) is 9.69 Å². The predicted molar refractivity (Wildman–Crippen MR) is 107 cm³/mol. The molecule has 0 aliphatic carbocycles. The third-order valence-electron chi connectivity index (χ3n) is 5.47. The Morgan fingerprint density at radius 3 is 2.63 bits per heavy atom. The number of piperazine rings is 1. The fraction of sp³-hybridized carbons (Fsp3) is 0.429. The molecule has 144 valence electrons. The standard InChI is InChI=1S/C21H26ClN3O2/c1-14-12-25(21(26)17-6-8-20(22)23-11-17)10-9-24(14)13-18-5-7-19(27-4)16(3)15(18)2/h5-8,11,14H,9-10,12-13H2,1-4H3. The smallest absolute Gasteiger partial charge is 0.255 e. The van der Waals surface area contributed by atoms with Gasteiger partial charge in [0.25, 0.3) is 5.91 Å². The molecule has 3 rings (SSSR count). The highest BCUT2D eigenvalue weighted by Gasteiger charge is 2.28. The molecule has 0 spiro atoms. The quantitative estimate of drug-likeness (QED) is 0.750. The molecule has 0 saturated carbocycles. The number of hydrogen-bond acceptors (Lipinski definition) is 4. The van der Waals surface area contributed by atoms with Crippen molar-refractivity contribution in [2.45, 2.75) is 33.4 Å². The normalized spacial score (nSPS) is 17.8. The molecular formula is C21H26ClN3O2. The molecule has 2 heterocycles. The number of pyridine rings is 1. The van der Waals surface area contributed by atoms with Crippen LogP contribution in [0.3, 0.4) is 0 Å². The molecule has 5 nitrogen and oxygen atoms in total. The van der Waals surface area contributed by atoms with E-state index in [9.17, 15) is 4.79 Å². The van der Waals surface area contributed by atoms with E-state index in [0.29, 0.717) is 23.8 Å². The molecule has 1 fully saturated rings. The van der Waals surface area contributed by atoms with Gasteiger partial charge in [-0.2, -0.15) is 0 Å². The van der Waals surface area contributed by atoms with Crippen LogP contribution >= 0.6 is 11.6 Å². The zero-order chi connectivity index (χ0) is 19.6. The van der Waals surface area contributed by atoms with Crippen LogP contribution < -0.4 is 4.74 Å². The number of nitrogens with zero attached hydrogens (tertiary/aromatic N) is 3. The molecule has 1 aromatic heterocycles. The van der Waals surface area contributed by atoms with E-state index in [4.69, 9.17) is 16.3 Å². The summed E-state index contributed by atoms with van der Waals surface area (Å²) in [5, 5.41) is 0.398. The third-order valence-corrected chi connectivity index (χ3v) is 5.69. The van der Waals surface area contributed by atoms with Gasteiger partial charge in [-0.15, -0.1) is 0 Å². The van der Waals surface area contributed by atoms with E-state index in [1.165, 1.54) is 16.7 Å². The number of amides is 1. The number of carbonyl (C=O) groups is 1. The van der Waals surface area contributed by atoms with Crippen LogP contribution in [0.4, 0.5) is 0 Å². The van der Waals surface area contributed by atoms with Crippen molar-refractivity contribution >= 4 is 17.5 Å². The highest BCUT2D eigenvalue weighted by molar-refractivity contribution is 6.29. The fourth-order valence-electron chi connectivity index (χ4n) is 3.56. The van der Waals surface area contributed by atoms with Crippen molar-refractivity contribution in [1.82, 2.24) is 14.8 Å². The second kappa shape index (κ2) is 8.28. The second-order valence-corrected chi connectivity index (χ2v) is 7.50. The van der Waals surface area contributed by atoms with Crippen molar-refractivity contribution in [3.8, 4) is 5.75 Å². The zero-order valence-corrected chi connectivity index (χ0v) is 17.1. The first-order valence-corrected chi connectivity index (χ1v) is 9.56. The van der Waals surface area contributed by atoms with Crippen LogP contribution in [0, 0.1) is 13.8 Å². The minimum absolute atomic E-state index is 0.0159. The molecule has 1 aliphatic heterocycles. The maximum absolute atomic E-state index is 12.7. The number of rotatable bonds is 4. The predicted octanol–water partition coefficient (Wildman–Crippen LogP) is 3.71. The first-order valence-electron chi connectivity index (χ1n) is 9.18. The largest absolute Gasteiger partial charge is 0.496 e. The van der Waals surface area contributed by atoms with Crippen molar-refractivity contribution in [3.05, 3.63) is 57.9 Å². The van der Waals surface area contributed by atoms with Crippen LogP contribution in [-0.2, 0) is 6.54 Å². The van der Waals surface area contributed by atoms with Crippen LogP contribution in [-0.4, -0.2) is 53.5 Å². The van der Waals surface area contributed by atoms with E-state index in [1.807, 2.05) is 11.0 Å². The average Bonchev–Trinajstić information content (AvgIpc) is 2.67. The maximum atomic E-state index is 12.7. The number of ether oxygens (including phenoxy) is 1. The van der Waals surface area contributed by atoms with Crippen LogP contribution in [0.1, 0.15) is 34.0 Å². The lowest BCUT2D eigenvalue weighted by Crippen LogP contribution is -2.53. The van der Waals surface area contributed by atoms with Gasteiger partial charge in [0.1, 0.15) is 10.9 Å². The van der Waals surface area contributed by atoms with E-state index < -0.39 is 0 Å². The lowest BCUT2D eigenvalue weighted by atomic mass is 10.0. The molecule has 0 radical (unpaired) electrons. The van der Waals surface area contributed by atoms with Gasteiger partial charge in [0.2, 0.25) is 0 Å². The topological polar surface area (TPSA) is 45.7 Å². The van der Waals surface area contributed by atoms with Gasteiger partial charge in [0.05, 0.1) is 12.7 Å². The van der Waals surface area contributed by atoms with Crippen LogP contribution in [0.2, 0.25) is 5.15 Å². The Balaban J connectivity index is 1.66. The van der Waals surface area contributed by atoms with Crippen LogP contribution in [0.15, 0.2) is 30.5 Å². The van der Waals surface area contributed by atoms with Gasteiger partial charge in [-0.25, -0.2) is 4.98 Å². The van der Waals surface area contributed by atoms with Gasteiger partial charge < -0.3 is 9.64 Å². The summed E-state index contributed by atoms with van der Waals surface area (Å²) in [5.41, 5.74) is 4.35. The molecule has 1 aromatic carbocycles. The van der Waals surface area contributed by atoms with E-state index in [2.05, 4.69) is 36.7 Å². The number of methoxy groups -OCH3 is 1. The number of carbonyl (C=O) groups excluding carboxylic acids is 1. The van der Waals surface area contributed by atoms with E-state index >= 15 is 0 Å². The summed E-state index contributed by atoms with van der Waals surface area (Å²) < 4.78 is 5.41. The number of hydrogen-bond donors (Lipinski definition) is 0. The molecule has 0 bridgehead atoms. The van der Waals surface area contributed by atoms with Crippen molar-refractivity contribution in [1.29, 1.82) is 0 Å². The van der Waals surface area contributed by atoms with Crippen molar-refractivity contribution in [3.63, 3.8) is 0 Å². The van der Waals surface area contributed by atoms with Crippen molar-refractivity contribution in [2.24, 2.45) is 0 Å². The lowest BCUT2D eigenvalue weighted by molar-refractivity contribution is 0.0494. The van der Waals surface area contributed by atoms with Crippen molar-refractivity contribution < 1.29 is 9.53 Å². The summed E-state index contributed by atoms with van der Waals surface area (Å²) in [5.74, 6) is 0.943. The minimum Gasteiger partial charge on any atom is -0.496 e. The molecular weight excluding hydrogens is 362 g/mol. The van der Waals surface area contributed by atoms with E-state index in [0.717, 1.165) is 18.8 Å². The summed E-state index contributed by atoms with van der Waals surface area (Å²) in [6.45, 7) is 9.55. The molecule has 1 amide bonds. The summed E-state index contributed by atoms with van der Waals surface area (Å²) in [6, 6.07) is 7.85. The summed E-state index contributed by atoms with van der Waals surface area (Å²) >= 11 is 5.81. The Labute approximate surface area is 165 Å². The molecule has 0 N–H and O–H groups in total. The fourth-order valence-corrected chi connectivity index (χ4v) is 3.67. The van der Waals surface area contributed by atoms with E-state index in [1.54, 1.807) is 25.4 Å². The first-order chi connectivity index (χ1) is 12.9. The maximum Gasteiger partial charge on any atom is 0.255 e. The monoisotopic (exact) mass is 387 g/mol. The molecule has 1 atom stereocenters.